The van der Waals surface area contributed by atoms with Gasteiger partial charge >= 0.3 is 5.97 Å². The van der Waals surface area contributed by atoms with Crippen molar-refractivity contribution in [2.24, 2.45) is 0 Å². The first-order valence-electron chi connectivity index (χ1n) is 4.81. The first-order valence-corrected chi connectivity index (χ1v) is 7.65. The number of aromatic nitrogens is 1. The largest absolute Gasteiger partial charge is 0.480 e. The third-order valence-corrected chi connectivity index (χ3v) is 4.61. The van der Waals surface area contributed by atoms with Crippen LogP contribution >= 0.6 is 34.2 Å². The van der Waals surface area contributed by atoms with Crippen LogP contribution in [0.3, 0.4) is 0 Å². The Morgan fingerprint density at radius 3 is 2.83 bits per heavy atom. The topological polar surface area (TPSA) is 93.3 Å². The summed E-state index contributed by atoms with van der Waals surface area (Å²) >= 11 is 3.91. The normalized spacial score (nSPS) is 12.1. The molecule has 0 aromatic carbocycles. The Labute approximate surface area is 117 Å². The van der Waals surface area contributed by atoms with Gasteiger partial charge in [-0.2, -0.15) is 12.6 Å². The van der Waals surface area contributed by atoms with Crippen LogP contribution in [0.2, 0.25) is 0 Å². The van der Waals surface area contributed by atoms with Crippen molar-refractivity contribution in [3.8, 4) is 0 Å². The zero-order valence-corrected chi connectivity index (χ0v) is 11.6. The van der Waals surface area contributed by atoms with E-state index in [9.17, 15) is 14.9 Å². The summed E-state index contributed by atoms with van der Waals surface area (Å²) < 4.78 is 0. The quantitative estimate of drug-likeness (QED) is 0.263. The molecule has 0 aliphatic rings. The number of hydrogen-bond donors (Lipinski definition) is 2. The van der Waals surface area contributed by atoms with E-state index in [1.807, 2.05) is 0 Å². The van der Waals surface area contributed by atoms with E-state index in [2.05, 4.69) is 17.6 Å². The minimum Gasteiger partial charge on any atom is -0.480 e. The number of hydrogen-bond acceptors (Lipinski definition) is 7. The number of pyridine rings is 1. The fourth-order valence-electron chi connectivity index (χ4n) is 0.915. The molecule has 18 heavy (non-hydrogen) atoms. The fraction of sp³-hybridized carbons (Fsp3) is 0.333. The Hall–Kier alpha value is -0.930. The Morgan fingerprint density at radius 1 is 1.61 bits per heavy atom. The molecule has 1 N–H and O–H groups in total. The van der Waals surface area contributed by atoms with Crippen LogP contribution in [0.4, 0.5) is 5.69 Å². The number of carbonyl (C=O) groups is 1. The Morgan fingerprint density at radius 2 is 2.33 bits per heavy atom. The van der Waals surface area contributed by atoms with E-state index in [4.69, 9.17) is 5.11 Å². The maximum atomic E-state index is 10.5. The summed E-state index contributed by atoms with van der Waals surface area (Å²) in [5, 5.41) is 19.0. The highest BCUT2D eigenvalue weighted by Gasteiger charge is 2.11. The van der Waals surface area contributed by atoms with Gasteiger partial charge in [-0.1, -0.05) is 10.8 Å². The molecule has 1 atom stereocenters. The SMILES string of the molecule is O=C(O)C(S)CCSSc1ccc([N+](=O)[O-])cn1. The number of aliphatic carboxylic acids is 1. The average molecular weight is 306 g/mol. The highest BCUT2D eigenvalue weighted by atomic mass is 33.1. The molecule has 0 bridgehead atoms. The van der Waals surface area contributed by atoms with Crippen LogP contribution in [-0.2, 0) is 4.79 Å². The van der Waals surface area contributed by atoms with E-state index in [0.29, 0.717) is 17.2 Å². The molecule has 0 aliphatic heterocycles. The number of carboxylic acids is 1. The average Bonchev–Trinajstić information content (AvgIpc) is 2.34. The van der Waals surface area contributed by atoms with Gasteiger partial charge in [-0.25, -0.2) is 4.98 Å². The molecule has 0 amide bonds. The number of thiol groups is 1. The van der Waals surface area contributed by atoms with Gasteiger partial charge in [0.25, 0.3) is 5.69 Å². The second kappa shape index (κ2) is 7.49. The standard InChI is InChI=1S/C9H10N2O4S3/c12-9(13)7(16)3-4-17-18-8-2-1-6(5-10-8)11(14)15/h1-2,5,7,16H,3-4H2,(H,12,13). The summed E-state index contributed by atoms with van der Waals surface area (Å²) in [4.78, 5) is 24.3. The molecule has 0 radical (unpaired) electrons. The minimum atomic E-state index is -0.933. The molecule has 1 aromatic heterocycles. The molecule has 1 rings (SSSR count). The van der Waals surface area contributed by atoms with E-state index in [0.717, 1.165) is 0 Å². The molecule has 0 saturated carbocycles. The second-order valence-electron chi connectivity index (χ2n) is 3.16. The lowest BCUT2D eigenvalue weighted by atomic mass is 10.3. The van der Waals surface area contributed by atoms with E-state index in [1.54, 1.807) is 6.07 Å². The van der Waals surface area contributed by atoms with Crippen LogP contribution in [0.1, 0.15) is 6.42 Å². The third kappa shape index (κ3) is 5.15. The van der Waals surface area contributed by atoms with E-state index in [1.165, 1.54) is 33.9 Å². The first kappa shape index (κ1) is 15.1. The van der Waals surface area contributed by atoms with Gasteiger partial charge in [0.05, 0.1) is 4.92 Å². The molecule has 0 fully saturated rings. The van der Waals surface area contributed by atoms with Crippen molar-refractivity contribution in [1.29, 1.82) is 0 Å². The predicted octanol–water partition coefficient (Wildman–Crippen LogP) is 2.50. The summed E-state index contributed by atoms with van der Waals surface area (Å²) in [7, 11) is 2.79. The Kier molecular flexibility index (Phi) is 6.30. The number of rotatable bonds is 7. The molecule has 0 spiro atoms. The third-order valence-electron chi connectivity index (χ3n) is 1.84. The molecule has 0 saturated heterocycles. The highest BCUT2D eigenvalue weighted by Crippen LogP contribution is 2.31. The molecule has 9 heteroatoms. The fourth-order valence-corrected chi connectivity index (χ4v) is 3.17. The van der Waals surface area contributed by atoms with Crippen molar-refractivity contribution < 1.29 is 14.8 Å². The first-order chi connectivity index (χ1) is 8.50. The second-order valence-corrected chi connectivity index (χ2v) is 6.22. The predicted molar refractivity (Wildman–Crippen MR) is 74.2 cm³/mol. The summed E-state index contributed by atoms with van der Waals surface area (Å²) in [6.45, 7) is 0. The van der Waals surface area contributed by atoms with Crippen molar-refractivity contribution >= 4 is 45.9 Å². The molecule has 1 aromatic rings. The van der Waals surface area contributed by atoms with Gasteiger partial charge in [0.15, 0.2) is 0 Å². The lowest BCUT2D eigenvalue weighted by molar-refractivity contribution is -0.385. The van der Waals surface area contributed by atoms with Crippen LogP contribution in [0.5, 0.6) is 0 Å². The summed E-state index contributed by atoms with van der Waals surface area (Å²) in [5.41, 5.74) is -0.0503. The lowest BCUT2D eigenvalue weighted by Gasteiger charge is -2.03. The number of nitrogens with zero attached hydrogens (tertiary/aromatic N) is 2. The Balaban J connectivity index is 2.31. The maximum Gasteiger partial charge on any atom is 0.316 e. The van der Waals surface area contributed by atoms with Crippen LogP contribution in [0.15, 0.2) is 23.4 Å². The van der Waals surface area contributed by atoms with Gasteiger partial charge in [-0.05, 0) is 23.3 Å². The van der Waals surface area contributed by atoms with Gasteiger partial charge in [-0.15, -0.1) is 0 Å². The molecular weight excluding hydrogens is 296 g/mol. The summed E-state index contributed by atoms with van der Waals surface area (Å²) in [5.74, 6) is -0.318. The molecule has 0 aliphatic carbocycles. The van der Waals surface area contributed by atoms with Crippen LogP contribution in [0.25, 0.3) is 0 Å². The smallest absolute Gasteiger partial charge is 0.316 e. The van der Waals surface area contributed by atoms with Crippen LogP contribution in [-0.4, -0.2) is 32.0 Å². The van der Waals surface area contributed by atoms with Crippen LogP contribution in [0, 0.1) is 10.1 Å². The van der Waals surface area contributed by atoms with E-state index >= 15 is 0 Å². The monoisotopic (exact) mass is 306 g/mol. The van der Waals surface area contributed by atoms with Gasteiger partial charge in [0.2, 0.25) is 0 Å². The van der Waals surface area contributed by atoms with Crippen molar-refractivity contribution in [1.82, 2.24) is 4.98 Å². The summed E-state index contributed by atoms with van der Waals surface area (Å²) in [6, 6.07) is 2.94. The number of nitro groups is 1. The van der Waals surface area contributed by atoms with Crippen LogP contribution < -0.4 is 0 Å². The van der Waals surface area contributed by atoms with Gasteiger partial charge < -0.3 is 5.11 Å². The Bertz CT molecular complexity index is 426. The zero-order chi connectivity index (χ0) is 13.5. The number of carboxylic acid groups (broad SMARTS) is 1. The van der Waals surface area contributed by atoms with E-state index < -0.39 is 16.1 Å². The van der Waals surface area contributed by atoms with Crippen molar-refractivity contribution in [2.75, 3.05) is 5.75 Å². The van der Waals surface area contributed by atoms with E-state index in [-0.39, 0.29) is 5.69 Å². The van der Waals surface area contributed by atoms with Gasteiger partial charge in [0.1, 0.15) is 16.5 Å². The zero-order valence-electron chi connectivity index (χ0n) is 9.05. The lowest BCUT2D eigenvalue weighted by Crippen LogP contribution is -2.13. The molecule has 6 nitrogen and oxygen atoms in total. The molecule has 1 unspecified atom stereocenters. The maximum absolute atomic E-state index is 10.5. The van der Waals surface area contributed by atoms with Gasteiger partial charge in [0, 0.05) is 11.8 Å². The molecular formula is C9H10N2O4S3. The van der Waals surface area contributed by atoms with Gasteiger partial charge in [-0.3, -0.25) is 14.9 Å². The molecule has 1 heterocycles. The van der Waals surface area contributed by atoms with Crippen molar-refractivity contribution in [3.63, 3.8) is 0 Å². The molecule has 98 valence electrons. The van der Waals surface area contributed by atoms with Crippen molar-refractivity contribution in [3.05, 3.63) is 28.4 Å². The summed E-state index contributed by atoms with van der Waals surface area (Å²) in [6.07, 6.45) is 1.64. The highest BCUT2D eigenvalue weighted by molar-refractivity contribution is 8.76. The van der Waals surface area contributed by atoms with Crippen molar-refractivity contribution in [2.45, 2.75) is 16.7 Å². The minimum absolute atomic E-state index is 0.0503.